The van der Waals surface area contributed by atoms with Crippen molar-refractivity contribution in [1.82, 2.24) is 9.88 Å². The third-order valence-electron chi connectivity index (χ3n) is 3.92. The van der Waals surface area contributed by atoms with Crippen LogP contribution in [-0.4, -0.2) is 41.2 Å². The van der Waals surface area contributed by atoms with E-state index < -0.39 is 5.60 Å². The van der Waals surface area contributed by atoms with E-state index in [1.807, 2.05) is 13.0 Å². The predicted molar refractivity (Wildman–Crippen MR) is 75.3 cm³/mol. The largest absolute Gasteiger partial charge is 0.492 e. The molecule has 1 aromatic heterocycles. The van der Waals surface area contributed by atoms with Crippen molar-refractivity contribution in [2.24, 2.45) is 0 Å². The summed E-state index contributed by atoms with van der Waals surface area (Å²) in [4.78, 5) is 6.58. The van der Waals surface area contributed by atoms with Gasteiger partial charge in [-0.05, 0) is 45.3 Å². The molecule has 1 N–H and O–H groups in total. The minimum absolute atomic E-state index is 0.618. The standard InChI is InChI=1S/C15H24N2O2/c1-3-17-8-5-6-15(18,7-9-17)13-10-14(19-4-2)12-16-11-13/h10-12,18H,3-9H2,1-2H3. The van der Waals surface area contributed by atoms with Crippen molar-refractivity contribution in [3.63, 3.8) is 0 Å². The Morgan fingerprint density at radius 1 is 1.32 bits per heavy atom. The van der Waals surface area contributed by atoms with Crippen molar-refractivity contribution >= 4 is 0 Å². The Morgan fingerprint density at radius 3 is 2.89 bits per heavy atom. The van der Waals surface area contributed by atoms with Gasteiger partial charge in [0.1, 0.15) is 5.75 Å². The molecule has 2 heterocycles. The van der Waals surface area contributed by atoms with Gasteiger partial charge in [-0.15, -0.1) is 0 Å². The minimum atomic E-state index is -0.760. The van der Waals surface area contributed by atoms with E-state index in [0.717, 1.165) is 50.2 Å². The van der Waals surface area contributed by atoms with Gasteiger partial charge in [0.2, 0.25) is 0 Å². The van der Waals surface area contributed by atoms with Crippen LogP contribution in [0.15, 0.2) is 18.5 Å². The molecule has 4 heteroatoms. The first-order valence-corrected chi connectivity index (χ1v) is 7.21. The van der Waals surface area contributed by atoms with Crippen molar-refractivity contribution in [3.8, 4) is 5.75 Å². The van der Waals surface area contributed by atoms with Crippen LogP contribution < -0.4 is 4.74 Å². The lowest BCUT2D eigenvalue weighted by Gasteiger charge is -2.27. The molecule has 1 aliphatic heterocycles. The summed E-state index contributed by atoms with van der Waals surface area (Å²) >= 11 is 0. The molecule has 0 radical (unpaired) electrons. The maximum Gasteiger partial charge on any atom is 0.137 e. The molecular weight excluding hydrogens is 240 g/mol. The van der Waals surface area contributed by atoms with E-state index in [0.29, 0.717) is 6.61 Å². The zero-order valence-electron chi connectivity index (χ0n) is 11.9. The van der Waals surface area contributed by atoms with Crippen molar-refractivity contribution in [3.05, 3.63) is 24.0 Å². The summed E-state index contributed by atoms with van der Waals surface area (Å²) in [6.07, 6.45) is 6.04. The van der Waals surface area contributed by atoms with Gasteiger partial charge in [-0.1, -0.05) is 6.92 Å². The average Bonchev–Trinajstić information content (AvgIpc) is 2.62. The quantitative estimate of drug-likeness (QED) is 0.905. The summed E-state index contributed by atoms with van der Waals surface area (Å²) in [5, 5.41) is 10.9. The van der Waals surface area contributed by atoms with E-state index in [-0.39, 0.29) is 0 Å². The second-order valence-electron chi connectivity index (χ2n) is 5.16. The van der Waals surface area contributed by atoms with Crippen LogP contribution in [0.4, 0.5) is 0 Å². The van der Waals surface area contributed by atoms with Crippen LogP contribution in [0.3, 0.4) is 0 Å². The Hall–Kier alpha value is -1.13. The molecule has 0 aliphatic carbocycles. The minimum Gasteiger partial charge on any atom is -0.492 e. The molecule has 1 unspecified atom stereocenters. The SMILES string of the molecule is CCOc1cncc(C2(O)CCCN(CC)CC2)c1. The third kappa shape index (κ3) is 3.45. The van der Waals surface area contributed by atoms with E-state index in [1.54, 1.807) is 12.4 Å². The van der Waals surface area contributed by atoms with Gasteiger partial charge in [-0.25, -0.2) is 0 Å². The number of hydrogen-bond acceptors (Lipinski definition) is 4. The highest BCUT2D eigenvalue weighted by Crippen LogP contribution is 2.33. The van der Waals surface area contributed by atoms with Crippen molar-refractivity contribution in [2.75, 3.05) is 26.2 Å². The summed E-state index contributed by atoms with van der Waals surface area (Å²) in [6, 6.07) is 1.93. The second kappa shape index (κ2) is 6.35. The topological polar surface area (TPSA) is 45.6 Å². The summed E-state index contributed by atoms with van der Waals surface area (Å²) in [5.41, 5.74) is 0.126. The number of hydrogen-bond donors (Lipinski definition) is 1. The Morgan fingerprint density at radius 2 is 2.16 bits per heavy atom. The zero-order chi connectivity index (χ0) is 13.7. The number of nitrogens with zero attached hydrogens (tertiary/aromatic N) is 2. The number of rotatable bonds is 4. The predicted octanol–water partition coefficient (Wildman–Crippen LogP) is 2.17. The molecule has 1 fully saturated rings. The second-order valence-corrected chi connectivity index (χ2v) is 5.16. The van der Waals surface area contributed by atoms with Crippen LogP contribution in [-0.2, 0) is 5.60 Å². The number of aromatic nitrogens is 1. The number of ether oxygens (including phenoxy) is 1. The molecule has 1 aromatic rings. The first-order chi connectivity index (χ1) is 9.18. The lowest BCUT2D eigenvalue weighted by molar-refractivity contribution is 0.0208. The molecule has 1 saturated heterocycles. The average molecular weight is 264 g/mol. The molecular formula is C15H24N2O2. The molecule has 0 saturated carbocycles. The molecule has 106 valence electrons. The molecule has 1 aliphatic rings. The van der Waals surface area contributed by atoms with Crippen molar-refractivity contribution < 1.29 is 9.84 Å². The van der Waals surface area contributed by atoms with Gasteiger partial charge in [0.25, 0.3) is 0 Å². The molecule has 0 amide bonds. The van der Waals surface area contributed by atoms with Gasteiger partial charge in [0.05, 0.1) is 18.4 Å². The molecule has 19 heavy (non-hydrogen) atoms. The summed E-state index contributed by atoms with van der Waals surface area (Å²) in [5.74, 6) is 0.741. The van der Waals surface area contributed by atoms with Crippen LogP contribution in [0.5, 0.6) is 5.75 Å². The maximum absolute atomic E-state index is 10.9. The highest BCUT2D eigenvalue weighted by molar-refractivity contribution is 5.28. The number of pyridine rings is 1. The van der Waals surface area contributed by atoms with Gasteiger partial charge in [-0.3, -0.25) is 4.98 Å². The van der Waals surface area contributed by atoms with E-state index in [2.05, 4.69) is 16.8 Å². The van der Waals surface area contributed by atoms with E-state index >= 15 is 0 Å². The van der Waals surface area contributed by atoms with Gasteiger partial charge in [0, 0.05) is 18.3 Å². The highest BCUT2D eigenvalue weighted by Gasteiger charge is 2.32. The van der Waals surface area contributed by atoms with Crippen LogP contribution in [0.2, 0.25) is 0 Å². The van der Waals surface area contributed by atoms with Crippen molar-refractivity contribution in [1.29, 1.82) is 0 Å². The van der Waals surface area contributed by atoms with Gasteiger partial charge in [-0.2, -0.15) is 0 Å². The van der Waals surface area contributed by atoms with Crippen LogP contribution in [0.25, 0.3) is 0 Å². The third-order valence-corrected chi connectivity index (χ3v) is 3.92. The molecule has 0 aromatic carbocycles. The van der Waals surface area contributed by atoms with Crippen LogP contribution in [0.1, 0.15) is 38.7 Å². The smallest absolute Gasteiger partial charge is 0.137 e. The fourth-order valence-electron chi connectivity index (χ4n) is 2.70. The lowest BCUT2D eigenvalue weighted by Crippen LogP contribution is -2.29. The first kappa shape index (κ1) is 14.3. The molecule has 4 nitrogen and oxygen atoms in total. The Kier molecular flexibility index (Phi) is 4.77. The van der Waals surface area contributed by atoms with Crippen molar-refractivity contribution in [2.45, 2.75) is 38.7 Å². The maximum atomic E-state index is 10.9. The fraction of sp³-hybridized carbons (Fsp3) is 0.667. The van der Waals surface area contributed by atoms with Gasteiger partial charge in [0.15, 0.2) is 0 Å². The van der Waals surface area contributed by atoms with Gasteiger partial charge >= 0.3 is 0 Å². The van der Waals surface area contributed by atoms with E-state index in [1.165, 1.54) is 0 Å². The van der Waals surface area contributed by atoms with Crippen LogP contribution in [0, 0.1) is 0 Å². The lowest BCUT2D eigenvalue weighted by atomic mass is 9.88. The number of likely N-dealkylation sites (tertiary alicyclic amines) is 1. The van der Waals surface area contributed by atoms with E-state index in [4.69, 9.17) is 4.74 Å². The molecule has 2 rings (SSSR count). The summed E-state index contributed by atoms with van der Waals surface area (Å²) in [7, 11) is 0. The zero-order valence-corrected chi connectivity index (χ0v) is 11.9. The fourth-order valence-corrected chi connectivity index (χ4v) is 2.70. The highest BCUT2D eigenvalue weighted by atomic mass is 16.5. The Labute approximate surface area is 115 Å². The molecule has 0 spiro atoms. The monoisotopic (exact) mass is 264 g/mol. The van der Waals surface area contributed by atoms with Crippen LogP contribution >= 0.6 is 0 Å². The first-order valence-electron chi connectivity index (χ1n) is 7.21. The van der Waals surface area contributed by atoms with Gasteiger partial charge < -0.3 is 14.7 Å². The Bertz CT molecular complexity index is 411. The molecule has 1 atom stereocenters. The summed E-state index contributed by atoms with van der Waals surface area (Å²) in [6.45, 7) is 7.79. The number of aliphatic hydroxyl groups is 1. The van der Waals surface area contributed by atoms with E-state index in [9.17, 15) is 5.11 Å². The normalized spacial score (nSPS) is 25.0. The molecule has 0 bridgehead atoms. The summed E-state index contributed by atoms with van der Waals surface area (Å²) < 4.78 is 5.47. The Balaban J connectivity index is 2.16.